The van der Waals surface area contributed by atoms with Crippen molar-refractivity contribution in [2.24, 2.45) is 0 Å². The molecule has 8 heteroatoms. The topological polar surface area (TPSA) is 49.4 Å². The molecule has 2 atom stereocenters. The van der Waals surface area contributed by atoms with Gasteiger partial charge < -0.3 is 28.6 Å². The van der Waals surface area contributed by atoms with Gasteiger partial charge in [0.1, 0.15) is 0 Å². The van der Waals surface area contributed by atoms with Gasteiger partial charge in [-0.25, -0.2) is 0 Å². The number of hydrogen-bond acceptors (Lipinski definition) is 6. The molecular weight excluding hydrogens is 456 g/mol. The molecule has 0 aliphatic heterocycles. The Hall–Kier alpha value is 0.620. The van der Waals surface area contributed by atoms with Crippen LogP contribution in [0, 0.1) is 0 Å². The molecule has 200 valence electrons. The van der Waals surface area contributed by atoms with Crippen LogP contribution in [0.5, 0.6) is 0 Å². The van der Waals surface area contributed by atoms with Gasteiger partial charge in [-0.2, -0.15) is 0 Å². The van der Waals surface area contributed by atoms with Crippen LogP contribution < -0.4 is 0 Å². The lowest BCUT2D eigenvalue weighted by Crippen LogP contribution is -2.31. The summed E-state index contributed by atoms with van der Waals surface area (Å²) in [7, 11) is 3.67. The third-order valence-electron chi connectivity index (χ3n) is 4.63. The minimum Gasteiger partial charge on any atom is -0.383 e. The quantitative estimate of drug-likeness (QED) is 0.104. The first kappa shape index (κ1) is 33.6. The second-order valence-electron chi connectivity index (χ2n) is 9.51. The first-order valence-corrected chi connectivity index (χ1v) is 15.7. The van der Waals surface area contributed by atoms with Crippen LogP contribution in [-0.2, 0) is 23.7 Å². The lowest BCUT2D eigenvalue weighted by molar-refractivity contribution is -0.181. The van der Waals surface area contributed by atoms with E-state index in [1.807, 2.05) is 0 Å². The molecule has 0 saturated carbocycles. The van der Waals surface area contributed by atoms with Crippen LogP contribution in [0.1, 0.15) is 68.2 Å². The number of nitrogens with zero attached hydrogens (tertiary/aromatic N) is 1. The molecule has 0 bridgehead atoms. The van der Waals surface area contributed by atoms with Crippen LogP contribution >= 0.6 is 17.2 Å². The van der Waals surface area contributed by atoms with Crippen molar-refractivity contribution < 1.29 is 23.7 Å². The molecule has 0 aliphatic carbocycles. The molecule has 0 rings (SSSR count). The van der Waals surface area contributed by atoms with Crippen LogP contribution in [0.2, 0.25) is 0 Å². The Kier molecular flexibility index (Phi) is 22.3. The zero-order valence-corrected chi connectivity index (χ0v) is 25.0. The van der Waals surface area contributed by atoms with Gasteiger partial charge in [0.2, 0.25) is 0 Å². The second kappa shape index (κ2) is 21.9. The van der Waals surface area contributed by atoms with Gasteiger partial charge in [0.25, 0.3) is 0 Å². The number of methoxy groups -OCH3 is 1. The van der Waals surface area contributed by atoms with Gasteiger partial charge >= 0.3 is 0 Å². The Morgan fingerprint density at radius 3 is 1.21 bits per heavy atom. The van der Waals surface area contributed by atoms with Gasteiger partial charge in [0, 0.05) is 39.6 Å². The maximum absolute atomic E-state index is 5.92. The van der Waals surface area contributed by atoms with E-state index in [9.17, 15) is 0 Å². The number of hydrogen-bond donors (Lipinski definition) is 0. The zero-order valence-electron chi connectivity index (χ0n) is 23.0. The summed E-state index contributed by atoms with van der Waals surface area (Å²) >= 11 is 0. The predicted octanol–water partition coefficient (Wildman–Crippen LogP) is 5.42. The van der Waals surface area contributed by atoms with E-state index in [-0.39, 0.29) is 37.0 Å². The highest BCUT2D eigenvalue weighted by Gasteiger charge is 2.14. The summed E-state index contributed by atoms with van der Waals surface area (Å²) in [5.41, 5.74) is 0. The second-order valence-corrected chi connectivity index (χ2v) is 12.5. The van der Waals surface area contributed by atoms with Crippen molar-refractivity contribution >= 4 is 17.2 Å². The van der Waals surface area contributed by atoms with Crippen LogP contribution in [0.4, 0.5) is 0 Å². The van der Waals surface area contributed by atoms with Gasteiger partial charge in [0.15, 0.2) is 12.6 Å². The van der Waals surface area contributed by atoms with Crippen molar-refractivity contribution in [2.75, 3.05) is 58.0 Å². The van der Waals surface area contributed by atoms with Crippen molar-refractivity contribution in [3.8, 4) is 0 Å². The molecule has 33 heavy (non-hydrogen) atoms. The van der Waals surface area contributed by atoms with Crippen molar-refractivity contribution in [1.82, 2.24) is 4.90 Å². The molecule has 6 nitrogen and oxygen atoms in total. The smallest absolute Gasteiger partial charge is 0.158 e. The van der Waals surface area contributed by atoms with Crippen molar-refractivity contribution in [3.63, 3.8) is 0 Å². The molecule has 0 N–H and O–H groups in total. The number of rotatable bonds is 23. The normalized spacial score (nSPS) is 13.5. The van der Waals surface area contributed by atoms with Gasteiger partial charge in [0.05, 0.1) is 31.0 Å². The summed E-state index contributed by atoms with van der Waals surface area (Å²) in [5.74, 6) is 0. The van der Waals surface area contributed by atoms with Gasteiger partial charge in [-0.1, -0.05) is 0 Å². The Morgan fingerprint density at radius 1 is 0.545 bits per heavy atom. The van der Waals surface area contributed by atoms with Crippen LogP contribution in [0.15, 0.2) is 0 Å². The molecule has 0 aliphatic rings. The van der Waals surface area contributed by atoms with Gasteiger partial charge in [-0.3, -0.25) is 0 Å². The van der Waals surface area contributed by atoms with E-state index in [4.69, 9.17) is 23.7 Å². The summed E-state index contributed by atoms with van der Waals surface area (Å²) in [6.45, 7) is 20.7. The molecule has 0 radical (unpaired) electrons. The Labute approximate surface area is 209 Å². The van der Waals surface area contributed by atoms with E-state index in [0.717, 1.165) is 68.6 Å². The predicted molar refractivity (Wildman–Crippen MR) is 146 cm³/mol. The molecule has 0 heterocycles. The molecule has 0 aromatic carbocycles. The number of ether oxygens (including phenoxy) is 5. The largest absolute Gasteiger partial charge is 0.383 e. The van der Waals surface area contributed by atoms with Crippen molar-refractivity contribution in [1.29, 1.82) is 0 Å². The van der Waals surface area contributed by atoms with Gasteiger partial charge in [-0.05, 0) is 80.0 Å². The van der Waals surface area contributed by atoms with E-state index in [1.165, 1.54) is 12.3 Å². The fraction of sp³-hybridized carbons (Fsp3) is 1.00. The standard InChI is InChI=1S/C25H55NO5P2/c1-20(2)28-24(29-21(3)4)10-16-32-18-13-26(12-15-27-9)14-19-33-17-11-25(30-22(5)6)31-23(7)8/h20-25,32-33H,10-19H2,1-9H3. The highest BCUT2D eigenvalue weighted by Crippen LogP contribution is 2.19. The highest BCUT2D eigenvalue weighted by atomic mass is 31.1. The average Bonchev–Trinajstić information content (AvgIpc) is 2.68. The van der Waals surface area contributed by atoms with Crippen LogP contribution in [-0.4, -0.2) is 99.9 Å². The monoisotopic (exact) mass is 511 g/mol. The molecule has 0 aromatic heterocycles. The van der Waals surface area contributed by atoms with Crippen LogP contribution in [0.3, 0.4) is 0 Å². The molecule has 0 fully saturated rings. The summed E-state index contributed by atoms with van der Waals surface area (Å²) in [6.07, 6.45) is 7.40. The minimum absolute atomic E-state index is 0.0773. The van der Waals surface area contributed by atoms with E-state index in [1.54, 1.807) is 7.11 Å². The lowest BCUT2D eigenvalue weighted by Gasteiger charge is -2.24. The first-order valence-electron chi connectivity index (χ1n) is 12.9. The average molecular weight is 512 g/mol. The summed E-state index contributed by atoms with van der Waals surface area (Å²) in [6, 6.07) is 0. The van der Waals surface area contributed by atoms with E-state index < -0.39 is 0 Å². The maximum atomic E-state index is 5.92. The SMILES string of the molecule is COCCN(CCPCCC(OC(C)C)OC(C)C)CCPCCC(OC(C)C)OC(C)C. The fourth-order valence-electron chi connectivity index (χ4n) is 3.27. The Bertz CT molecular complexity index is 374. The molecule has 0 saturated heterocycles. The Balaban J connectivity index is 4.18. The molecule has 0 aromatic rings. The van der Waals surface area contributed by atoms with Crippen LogP contribution in [0.25, 0.3) is 0 Å². The molecule has 0 spiro atoms. The van der Waals surface area contributed by atoms with Crippen molar-refractivity contribution in [3.05, 3.63) is 0 Å². The van der Waals surface area contributed by atoms with Gasteiger partial charge in [-0.15, -0.1) is 17.2 Å². The van der Waals surface area contributed by atoms with E-state index in [0.29, 0.717) is 0 Å². The minimum atomic E-state index is -0.0773. The van der Waals surface area contributed by atoms with Crippen molar-refractivity contribution in [2.45, 2.75) is 105 Å². The third kappa shape index (κ3) is 22.8. The highest BCUT2D eigenvalue weighted by molar-refractivity contribution is 7.38. The first-order chi connectivity index (χ1) is 15.6. The summed E-state index contributed by atoms with van der Waals surface area (Å²) in [5, 5.41) is 0. The van der Waals surface area contributed by atoms with E-state index in [2.05, 4.69) is 60.3 Å². The zero-order chi connectivity index (χ0) is 25.1. The molecular formula is C25H55NO5P2. The fourth-order valence-corrected chi connectivity index (χ4v) is 5.60. The Morgan fingerprint density at radius 2 is 0.909 bits per heavy atom. The summed E-state index contributed by atoms with van der Waals surface area (Å²) < 4.78 is 29.0. The lowest BCUT2D eigenvalue weighted by atomic mass is 10.4. The maximum Gasteiger partial charge on any atom is 0.158 e. The summed E-state index contributed by atoms with van der Waals surface area (Å²) in [4.78, 5) is 2.56. The third-order valence-corrected chi connectivity index (χ3v) is 7.07. The molecule has 2 unspecified atom stereocenters. The van der Waals surface area contributed by atoms with E-state index >= 15 is 0 Å². The molecule has 0 amide bonds.